The molecule has 0 aliphatic carbocycles. The molecule has 0 aliphatic rings. The van der Waals surface area contributed by atoms with Gasteiger partial charge < -0.3 is 10.2 Å². The van der Waals surface area contributed by atoms with E-state index in [1.807, 2.05) is 6.92 Å². The highest BCUT2D eigenvalue weighted by Gasteiger charge is 2.01. The van der Waals surface area contributed by atoms with Crippen molar-refractivity contribution in [1.29, 1.82) is 0 Å². The summed E-state index contributed by atoms with van der Waals surface area (Å²) in [7, 11) is 3.53. The fourth-order valence-corrected chi connectivity index (χ4v) is 0.721. The minimum absolute atomic E-state index is 0.157. The predicted molar refractivity (Wildman–Crippen MR) is 51.0 cm³/mol. The molecule has 0 aromatic heterocycles. The average molecular weight is 170 g/mol. The lowest BCUT2D eigenvalue weighted by Gasteiger charge is -2.10. The van der Waals surface area contributed by atoms with Gasteiger partial charge in [-0.15, -0.1) is 0 Å². The second-order valence-corrected chi connectivity index (χ2v) is 3.17. The van der Waals surface area contributed by atoms with E-state index >= 15 is 0 Å². The molecule has 0 spiro atoms. The second-order valence-electron chi connectivity index (χ2n) is 3.17. The van der Waals surface area contributed by atoms with Gasteiger partial charge in [-0.25, -0.2) is 0 Å². The number of carbonyl (C=O) groups excluding carboxylic acids is 1. The highest BCUT2D eigenvalue weighted by molar-refractivity contribution is 5.75. The Bertz CT molecular complexity index is 164. The van der Waals surface area contributed by atoms with E-state index in [1.54, 1.807) is 19.0 Å². The summed E-state index contributed by atoms with van der Waals surface area (Å²) in [4.78, 5) is 12.7. The SMILES string of the molecule is C=C(C)CNCCC(=O)N(C)C. The maximum atomic E-state index is 11.1. The first kappa shape index (κ1) is 11.2. The van der Waals surface area contributed by atoms with Crippen molar-refractivity contribution in [2.45, 2.75) is 13.3 Å². The van der Waals surface area contributed by atoms with Gasteiger partial charge in [0, 0.05) is 33.6 Å². The zero-order chi connectivity index (χ0) is 9.56. The zero-order valence-corrected chi connectivity index (χ0v) is 8.18. The van der Waals surface area contributed by atoms with Gasteiger partial charge in [0.15, 0.2) is 0 Å². The van der Waals surface area contributed by atoms with Crippen LogP contribution in [0.5, 0.6) is 0 Å². The van der Waals surface area contributed by atoms with E-state index in [0.29, 0.717) is 6.42 Å². The van der Waals surface area contributed by atoms with Crippen molar-refractivity contribution in [3.63, 3.8) is 0 Å². The summed E-state index contributed by atoms with van der Waals surface area (Å²) in [6, 6.07) is 0. The topological polar surface area (TPSA) is 32.3 Å². The fourth-order valence-electron chi connectivity index (χ4n) is 0.721. The maximum absolute atomic E-state index is 11.1. The van der Waals surface area contributed by atoms with E-state index in [-0.39, 0.29) is 5.91 Å². The van der Waals surface area contributed by atoms with Crippen molar-refractivity contribution in [1.82, 2.24) is 10.2 Å². The zero-order valence-electron chi connectivity index (χ0n) is 8.18. The average Bonchev–Trinajstić information content (AvgIpc) is 1.97. The van der Waals surface area contributed by atoms with Crippen molar-refractivity contribution >= 4 is 5.91 Å². The van der Waals surface area contributed by atoms with Gasteiger partial charge in [-0.05, 0) is 6.92 Å². The van der Waals surface area contributed by atoms with E-state index in [9.17, 15) is 4.79 Å². The van der Waals surface area contributed by atoms with Gasteiger partial charge in [0.05, 0.1) is 0 Å². The minimum Gasteiger partial charge on any atom is -0.349 e. The molecule has 0 radical (unpaired) electrons. The number of rotatable bonds is 5. The molecule has 0 saturated heterocycles. The molecule has 0 aliphatic heterocycles. The lowest BCUT2D eigenvalue weighted by atomic mass is 10.3. The Hall–Kier alpha value is -0.830. The van der Waals surface area contributed by atoms with Crippen LogP contribution in [0, 0.1) is 0 Å². The van der Waals surface area contributed by atoms with Crippen molar-refractivity contribution in [3.8, 4) is 0 Å². The van der Waals surface area contributed by atoms with E-state index < -0.39 is 0 Å². The molecule has 0 bridgehead atoms. The first-order valence-electron chi connectivity index (χ1n) is 4.09. The van der Waals surface area contributed by atoms with E-state index in [4.69, 9.17) is 0 Å². The maximum Gasteiger partial charge on any atom is 0.223 e. The van der Waals surface area contributed by atoms with Gasteiger partial charge in [0.2, 0.25) is 5.91 Å². The second kappa shape index (κ2) is 5.77. The number of carbonyl (C=O) groups is 1. The quantitative estimate of drug-likeness (QED) is 0.485. The Balaban J connectivity index is 3.32. The van der Waals surface area contributed by atoms with Crippen LogP contribution in [0.3, 0.4) is 0 Å². The Labute approximate surface area is 74.4 Å². The largest absolute Gasteiger partial charge is 0.349 e. The number of nitrogens with zero attached hydrogens (tertiary/aromatic N) is 1. The van der Waals surface area contributed by atoms with Crippen molar-refractivity contribution in [2.75, 3.05) is 27.2 Å². The molecule has 0 fully saturated rings. The molecule has 3 nitrogen and oxygen atoms in total. The van der Waals surface area contributed by atoms with Gasteiger partial charge in [-0.1, -0.05) is 12.2 Å². The molecule has 0 aromatic carbocycles. The van der Waals surface area contributed by atoms with Crippen LogP contribution >= 0.6 is 0 Å². The van der Waals surface area contributed by atoms with Gasteiger partial charge in [0.25, 0.3) is 0 Å². The molecular formula is C9H18N2O. The molecule has 3 heteroatoms. The van der Waals surface area contributed by atoms with Crippen LogP contribution in [0.2, 0.25) is 0 Å². The van der Waals surface area contributed by atoms with Crippen LogP contribution in [-0.2, 0) is 4.79 Å². The van der Waals surface area contributed by atoms with Crippen LogP contribution < -0.4 is 5.32 Å². The summed E-state index contributed by atoms with van der Waals surface area (Å²) in [6.07, 6.45) is 0.556. The monoisotopic (exact) mass is 170 g/mol. The summed E-state index contributed by atoms with van der Waals surface area (Å²) >= 11 is 0. The number of amides is 1. The smallest absolute Gasteiger partial charge is 0.223 e. The Kier molecular flexibility index (Phi) is 5.37. The molecule has 70 valence electrons. The minimum atomic E-state index is 0.157. The molecule has 12 heavy (non-hydrogen) atoms. The van der Waals surface area contributed by atoms with Gasteiger partial charge in [-0.3, -0.25) is 4.79 Å². The summed E-state index contributed by atoms with van der Waals surface area (Å²) in [5.74, 6) is 0.157. The van der Waals surface area contributed by atoms with E-state index in [1.165, 1.54) is 0 Å². The van der Waals surface area contributed by atoms with Crippen LogP contribution in [0.25, 0.3) is 0 Å². The molecule has 0 heterocycles. The lowest BCUT2D eigenvalue weighted by molar-refractivity contribution is -0.128. The number of hydrogen-bond acceptors (Lipinski definition) is 2. The van der Waals surface area contributed by atoms with Crippen LogP contribution in [0.1, 0.15) is 13.3 Å². The van der Waals surface area contributed by atoms with E-state index in [0.717, 1.165) is 18.7 Å². The highest BCUT2D eigenvalue weighted by Crippen LogP contribution is 1.86. The van der Waals surface area contributed by atoms with Gasteiger partial charge >= 0.3 is 0 Å². The first-order valence-corrected chi connectivity index (χ1v) is 4.09. The molecule has 0 aromatic rings. The molecular weight excluding hydrogens is 152 g/mol. The molecule has 0 saturated carbocycles. The van der Waals surface area contributed by atoms with Crippen LogP contribution in [0.15, 0.2) is 12.2 Å². The number of hydrogen-bond donors (Lipinski definition) is 1. The highest BCUT2D eigenvalue weighted by atomic mass is 16.2. The summed E-state index contributed by atoms with van der Waals surface area (Å²) < 4.78 is 0. The van der Waals surface area contributed by atoms with Crippen molar-refractivity contribution < 1.29 is 4.79 Å². The summed E-state index contributed by atoms with van der Waals surface area (Å²) in [6.45, 7) is 7.23. The predicted octanol–water partition coefficient (Wildman–Crippen LogP) is 0.630. The third-order valence-electron chi connectivity index (χ3n) is 1.44. The molecule has 1 N–H and O–H groups in total. The Morgan fingerprint density at radius 2 is 2.08 bits per heavy atom. The van der Waals surface area contributed by atoms with Crippen molar-refractivity contribution in [3.05, 3.63) is 12.2 Å². The normalized spacial score (nSPS) is 9.58. The third kappa shape index (κ3) is 5.92. The Morgan fingerprint density at radius 3 is 2.50 bits per heavy atom. The van der Waals surface area contributed by atoms with Gasteiger partial charge in [0.1, 0.15) is 0 Å². The molecule has 0 atom stereocenters. The fraction of sp³-hybridized carbons (Fsp3) is 0.667. The molecule has 0 rings (SSSR count). The summed E-state index contributed by atoms with van der Waals surface area (Å²) in [5.41, 5.74) is 1.09. The number of nitrogens with one attached hydrogen (secondary N) is 1. The molecule has 0 unspecified atom stereocenters. The molecule has 1 amide bonds. The van der Waals surface area contributed by atoms with E-state index in [2.05, 4.69) is 11.9 Å². The Morgan fingerprint density at radius 1 is 1.50 bits per heavy atom. The summed E-state index contributed by atoms with van der Waals surface area (Å²) in [5, 5.41) is 3.12. The first-order chi connectivity index (χ1) is 5.54. The van der Waals surface area contributed by atoms with Gasteiger partial charge in [-0.2, -0.15) is 0 Å². The third-order valence-corrected chi connectivity index (χ3v) is 1.44. The van der Waals surface area contributed by atoms with Crippen LogP contribution in [0.4, 0.5) is 0 Å². The van der Waals surface area contributed by atoms with Crippen LogP contribution in [-0.4, -0.2) is 38.0 Å². The van der Waals surface area contributed by atoms with Crippen molar-refractivity contribution in [2.24, 2.45) is 0 Å². The lowest BCUT2D eigenvalue weighted by Crippen LogP contribution is -2.27. The standard InChI is InChI=1S/C9H18N2O/c1-8(2)7-10-6-5-9(12)11(3)4/h10H,1,5-7H2,2-4H3.